The quantitative estimate of drug-likeness (QED) is 0.693. The van der Waals surface area contributed by atoms with Crippen LogP contribution in [0.1, 0.15) is 21.5 Å². The van der Waals surface area contributed by atoms with Gasteiger partial charge in [0.05, 0.1) is 10.6 Å². The molecule has 2 aromatic rings. The molecule has 0 spiro atoms. The van der Waals surface area contributed by atoms with Gasteiger partial charge in [-0.15, -0.1) is 0 Å². The fraction of sp³-hybridized carbons (Fsp3) is 0.133. The van der Waals surface area contributed by atoms with E-state index in [4.69, 9.17) is 22.1 Å². The highest BCUT2D eigenvalue weighted by Gasteiger charge is 2.13. The Morgan fingerprint density at radius 3 is 2.75 bits per heavy atom. The number of benzene rings is 2. The summed E-state index contributed by atoms with van der Waals surface area (Å²) in [5, 5.41) is -0.0374. The number of anilines is 1. The first-order valence-corrected chi connectivity index (χ1v) is 6.33. The zero-order valence-electron chi connectivity index (χ0n) is 10.8. The summed E-state index contributed by atoms with van der Waals surface area (Å²) < 4.78 is 18.4. The Morgan fingerprint density at radius 1 is 1.30 bits per heavy atom. The summed E-state index contributed by atoms with van der Waals surface area (Å²) in [5.41, 5.74) is 7.71. The van der Waals surface area contributed by atoms with Crippen LogP contribution < -0.4 is 5.73 Å². The number of rotatable bonds is 3. The highest BCUT2D eigenvalue weighted by molar-refractivity contribution is 6.31. The van der Waals surface area contributed by atoms with Gasteiger partial charge in [0.1, 0.15) is 12.4 Å². The highest BCUT2D eigenvalue weighted by atomic mass is 35.5. The van der Waals surface area contributed by atoms with Crippen LogP contribution in [0.4, 0.5) is 10.1 Å². The average Bonchev–Trinajstić information content (AvgIpc) is 2.43. The predicted molar refractivity (Wildman–Crippen MR) is 76.1 cm³/mol. The number of nitrogen functional groups attached to an aromatic ring is 1. The molecule has 0 radical (unpaired) electrons. The van der Waals surface area contributed by atoms with Crippen molar-refractivity contribution in [2.24, 2.45) is 0 Å². The van der Waals surface area contributed by atoms with Crippen LogP contribution >= 0.6 is 11.6 Å². The molecule has 0 atom stereocenters. The molecule has 0 heterocycles. The van der Waals surface area contributed by atoms with E-state index in [9.17, 15) is 9.18 Å². The predicted octanol–water partition coefficient (Wildman–Crippen LogP) is 3.73. The van der Waals surface area contributed by atoms with E-state index in [-0.39, 0.29) is 11.6 Å². The largest absolute Gasteiger partial charge is 0.457 e. The summed E-state index contributed by atoms with van der Waals surface area (Å²) in [6.07, 6.45) is 0. The van der Waals surface area contributed by atoms with Crippen LogP contribution in [0.2, 0.25) is 5.02 Å². The normalized spacial score (nSPS) is 10.3. The third-order valence-electron chi connectivity index (χ3n) is 2.99. The molecule has 0 aliphatic rings. The molecule has 0 aromatic heterocycles. The molecule has 0 saturated heterocycles. The fourth-order valence-corrected chi connectivity index (χ4v) is 1.94. The van der Waals surface area contributed by atoms with Crippen molar-refractivity contribution in [3.63, 3.8) is 0 Å². The zero-order valence-corrected chi connectivity index (χ0v) is 11.6. The van der Waals surface area contributed by atoms with Gasteiger partial charge in [0, 0.05) is 11.3 Å². The summed E-state index contributed by atoms with van der Waals surface area (Å²) >= 11 is 5.79. The summed E-state index contributed by atoms with van der Waals surface area (Å²) in [6, 6.07) is 9.36. The maximum Gasteiger partial charge on any atom is 0.338 e. The van der Waals surface area contributed by atoms with E-state index in [1.807, 2.05) is 0 Å². The third-order valence-corrected chi connectivity index (χ3v) is 3.41. The summed E-state index contributed by atoms with van der Waals surface area (Å²) in [6.45, 7) is 1.64. The second kappa shape index (κ2) is 5.92. The number of nitrogens with two attached hydrogens (primary N) is 1. The van der Waals surface area contributed by atoms with Gasteiger partial charge in [0.15, 0.2) is 0 Å². The Morgan fingerprint density at radius 2 is 2.00 bits per heavy atom. The molecule has 20 heavy (non-hydrogen) atoms. The Bertz CT molecular complexity index is 658. The van der Waals surface area contributed by atoms with Gasteiger partial charge < -0.3 is 10.5 Å². The van der Waals surface area contributed by atoms with Crippen molar-refractivity contribution in [3.8, 4) is 0 Å². The van der Waals surface area contributed by atoms with Crippen LogP contribution in [0, 0.1) is 12.7 Å². The van der Waals surface area contributed by atoms with Gasteiger partial charge in [0.2, 0.25) is 0 Å². The maximum absolute atomic E-state index is 13.3. The molecule has 2 rings (SSSR count). The Kier molecular flexibility index (Phi) is 4.25. The topological polar surface area (TPSA) is 52.3 Å². The van der Waals surface area contributed by atoms with Crippen molar-refractivity contribution in [2.45, 2.75) is 13.5 Å². The lowest BCUT2D eigenvalue weighted by atomic mass is 10.1. The number of hydrogen-bond donors (Lipinski definition) is 1. The van der Waals surface area contributed by atoms with Crippen molar-refractivity contribution in [1.82, 2.24) is 0 Å². The van der Waals surface area contributed by atoms with Crippen molar-refractivity contribution in [2.75, 3.05) is 5.73 Å². The lowest BCUT2D eigenvalue weighted by Gasteiger charge is -2.09. The second-order valence-electron chi connectivity index (χ2n) is 4.31. The van der Waals surface area contributed by atoms with E-state index >= 15 is 0 Å². The lowest BCUT2D eigenvalue weighted by molar-refractivity contribution is 0.0471. The van der Waals surface area contributed by atoms with Crippen LogP contribution in [0.25, 0.3) is 0 Å². The number of carbonyl (C=O) groups excluding carboxylic acids is 1. The molecule has 3 nitrogen and oxygen atoms in total. The van der Waals surface area contributed by atoms with Gasteiger partial charge in [-0.1, -0.05) is 29.8 Å². The molecular formula is C15H13ClFNO2. The van der Waals surface area contributed by atoms with Gasteiger partial charge >= 0.3 is 5.97 Å². The Hall–Kier alpha value is -2.07. The zero-order chi connectivity index (χ0) is 14.7. The van der Waals surface area contributed by atoms with Crippen LogP contribution in [0.3, 0.4) is 0 Å². The lowest BCUT2D eigenvalue weighted by Crippen LogP contribution is -2.08. The molecule has 2 N–H and O–H groups in total. The van der Waals surface area contributed by atoms with Gasteiger partial charge in [-0.25, -0.2) is 9.18 Å². The van der Waals surface area contributed by atoms with Crippen molar-refractivity contribution in [1.29, 1.82) is 0 Å². The standard InChI is InChI=1S/C15H13ClFNO2/c1-9-11(5-3-7-13(9)18)15(19)20-8-10-4-2-6-12(17)14(10)16/h2-7H,8,18H2,1H3. The first kappa shape index (κ1) is 14.3. The molecule has 0 saturated carbocycles. The minimum Gasteiger partial charge on any atom is -0.457 e. The summed E-state index contributed by atoms with van der Waals surface area (Å²) in [5.74, 6) is -1.06. The minimum absolute atomic E-state index is 0.0374. The van der Waals surface area contributed by atoms with Gasteiger partial charge in [-0.3, -0.25) is 0 Å². The van der Waals surface area contributed by atoms with E-state index in [0.29, 0.717) is 22.4 Å². The van der Waals surface area contributed by atoms with Crippen molar-refractivity contribution in [3.05, 3.63) is 63.9 Å². The molecule has 0 amide bonds. The van der Waals surface area contributed by atoms with E-state index in [1.54, 1.807) is 31.2 Å². The van der Waals surface area contributed by atoms with Gasteiger partial charge in [-0.05, 0) is 30.7 Å². The number of hydrogen-bond acceptors (Lipinski definition) is 3. The summed E-state index contributed by atoms with van der Waals surface area (Å²) in [4.78, 5) is 12.0. The molecule has 0 aliphatic heterocycles. The number of ether oxygens (including phenoxy) is 1. The van der Waals surface area contributed by atoms with E-state index in [1.165, 1.54) is 12.1 Å². The maximum atomic E-state index is 13.3. The molecule has 0 fully saturated rings. The van der Waals surface area contributed by atoms with E-state index in [0.717, 1.165) is 0 Å². The average molecular weight is 294 g/mol. The van der Waals surface area contributed by atoms with Crippen molar-refractivity contribution < 1.29 is 13.9 Å². The van der Waals surface area contributed by atoms with Crippen LogP contribution in [0.5, 0.6) is 0 Å². The monoisotopic (exact) mass is 293 g/mol. The molecule has 0 bridgehead atoms. The molecule has 5 heteroatoms. The smallest absolute Gasteiger partial charge is 0.338 e. The van der Waals surface area contributed by atoms with Crippen LogP contribution in [-0.4, -0.2) is 5.97 Å². The first-order valence-electron chi connectivity index (χ1n) is 5.96. The Labute approximate surface area is 121 Å². The van der Waals surface area contributed by atoms with Crippen LogP contribution in [-0.2, 0) is 11.3 Å². The number of esters is 1. The van der Waals surface area contributed by atoms with E-state index in [2.05, 4.69) is 0 Å². The molecule has 104 valence electrons. The van der Waals surface area contributed by atoms with Crippen LogP contribution in [0.15, 0.2) is 36.4 Å². The second-order valence-corrected chi connectivity index (χ2v) is 4.69. The Balaban J connectivity index is 2.13. The fourth-order valence-electron chi connectivity index (χ4n) is 1.76. The molecule has 0 aliphatic carbocycles. The number of carbonyl (C=O) groups is 1. The van der Waals surface area contributed by atoms with Crippen molar-refractivity contribution >= 4 is 23.3 Å². The number of halogens is 2. The molecular weight excluding hydrogens is 281 g/mol. The van der Waals surface area contributed by atoms with Gasteiger partial charge in [-0.2, -0.15) is 0 Å². The minimum atomic E-state index is -0.541. The first-order chi connectivity index (χ1) is 9.50. The molecule has 0 unspecified atom stereocenters. The van der Waals surface area contributed by atoms with E-state index < -0.39 is 11.8 Å². The van der Waals surface area contributed by atoms with Gasteiger partial charge in [0.25, 0.3) is 0 Å². The molecule has 2 aromatic carbocycles. The third kappa shape index (κ3) is 2.91. The highest BCUT2D eigenvalue weighted by Crippen LogP contribution is 2.22. The SMILES string of the molecule is Cc1c(N)cccc1C(=O)OCc1cccc(F)c1Cl. The summed E-state index contributed by atoms with van der Waals surface area (Å²) in [7, 11) is 0.